The highest BCUT2D eigenvalue weighted by Crippen LogP contribution is 2.07. The zero-order valence-electron chi connectivity index (χ0n) is 8.66. The van der Waals surface area contributed by atoms with Gasteiger partial charge in [-0.1, -0.05) is 6.42 Å². The molecule has 0 saturated carbocycles. The van der Waals surface area contributed by atoms with E-state index < -0.39 is 0 Å². The maximum atomic E-state index is 11.7. The van der Waals surface area contributed by atoms with Gasteiger partial charge >= 0.3 is 0 Å². The molecule has 0 bridgehead atoms. The molecule has 1 aromatic heterocycles. The van der Waals surface area contributed by atoms with E-state index in [2.05, 4.69) is 10.6 Å². The summed E-state index contributed by atoms with van der Waals surface area (Å²) in [5.74, 6) is 0.866. The van der Waals surface area contributed by atoms with E-state index in [9.17, 15) is 4.79 Å². The van der Waals surface area contributed by atoms with E-state index >= 15 is 0 Å². The van der Waals surface area contributed by atoms with Crippen LogP contribution in [0.5, 0.6) is 0 Å². The molecule has 0 spiro atoms. The summed E-state index contributed by atoms with van der Waals surface area (Å²) in [7, 11) is 0. The maximum Gasteiger partial charge on any atom is 0.237 e. The summed E-state index contributed by atoms with van der Waals surface area (Å²) in [6.07, 6.45) is 4.85. The van der Waals surface area contributed by atoms with Crippen molar-refractivity contribution in [1.82, 2.24) is 10.6 Å². The third-order valence-corrected chi connectivity index (χ3v) is 2.64. The molecule has 1 aliphatic rings. The fraction of sp³-hybridized carbons (Fsp3) is 0.545. The highest BCUT2D eigenvalue weighted by Gasteiger charge is 2.19. The molecule has 4 heteroatoms. The van der Waals surface area contributed by atoms with Gasteiger partial charge in [0.15, 0.2) is 0 Å². The minimum absolute atomic E-state index is 0.0197. The van der Waals surface area contributed by atoms with Crippen molar-refractivity contribution in [2.75, 3.05) is 6.54 Å². The Labute approximate surface area is 89.0 Å². The molecular formula is C11H16N2O2. The molecule has 1 amide bonds. The summed E-state index contributed by atoms with van der Waals surface area (Å²) < 4.78 is 5.14. The molecule has 1 aromatic rings. The van der Waals surface area contributed by atoms with Crippen molar-refractivity contribution in [2.45, 2.75) is 31.8 Å². The predicted octanol–water partition coefficient (Wildman–Crippen LogP) is 1.04. The average Bonchev–Trinajstić information content (AvgIpc) is 2.80. The Morgan fingerprint density at radius 3 is 3.20 bits per heavy atom. The number of amides is 1. The third kappa shape index (κ3) is 2.83. The largest absolute Gasteiger partial charge is 0.467 e. The number of piperidine rings is 1. The van der Waals surface area contributed by atoms with Crippen molar-refractivity contribution in [2.24, 2.45) is 0 Å². The standard InChI is InChI=1S/C11H16N2O2/c14-11(10-5-1-2-6-12-10)13-8-9-4-3-7-15-9/h3-4,7,10,12H,1-2,5-6,8H2,(H,13,14). The van der Waals surface area contributed by atoms with Crippen LogP contribution in [-0.2, 0) is 11.3 Å². The first-order valence-electron chi connectivity index (χ1n) is 5.40. The lowest BCUT2D eigenvalue weighted by Crippen LogP contribution is -2.46. The van der Waals surface area contributed by atoms with Gasteiger partial charge in [-0.3, -0.25) is 4.79 Å². The summed E-state index contributed by atoms with van der Waals surface area (Å²) >= 11 is 0. The Bertz CT molecular complexity index is 302. The summed E-state index contributed by atoms with van der Waals surface area (Å²) in [5, 5.41) is 6.07. The van der Waals surface area contributed by atoms with Crippen LogP contribution in [0.15, 0.2) is 22.8 Å². The lowest BCUT2D eigenvalue weighted by Gasteiger charge is -2.22. The van der Waals surface area contributed by atoms with E-state index in [1.807, 2.05) is 12.1 Å². The van der Waals surface area contributed by atoms with E-state index in [-0.39, 0.29) is 11.9 Å². The van der Waals surface area contributed by atoms with Gasteiger partial charge in [0.2, 0.25) is 5.91 Å². The SMILES string of the molecule is O=C(NCc1ccco1)C1CCCCN1. The normalized spacial score (nSPS) is 21.2. The maximum absolute atomic E-state index is 11.7. The first-order chi connectivity index (χ1) is 7.36. The molecule has 2 N–H and O–H groups in total. The van der Waals surface area contributed by atoms with Gasteiger partial charge in [-0.15, -0.1) is 0 Å². The molecule has 0 aliphatic carbocycles. The van der Waals surface area contributed by atoms with Gasteiger partial charge in [0.1, 0.15) is 5.76 Å². The Hall–Kier alpha value is -1.29. The molecule has 1 fully saturated rings. The van der Waals surface area contributed by atoms with Crippen LogP contribution in [0.25, 0.3) is 0 Å². The zero-order valence-corrected chi connectivity index (χ0v) is 8.66. The molecule has 2 rings (SSSR count). The van der Waals surface area contributed by atoms with Gasteiger partial charge in [-0.05, 0) is 31.5 Å². The second-order valence-corrected chi connectivity index (χ2v) is 3.80. The van der Waals surface area contributed by atoms with Crippen LogP contribution in [0.1, 0.15) is 25.0 Å². The first-order valence-corrected chi connectivity index (χ1v) is 5.40. The van der Waals surface area contributed by atoms with Gasteiger partial charge in [0.25, 0.3) is 0 Å². The van der Waals surface area contributed by atoms with Crippen LogP contribution in [0.2, 0.25) is 0 Å². The minimum Gasteiger partial charge on any atom is -0.467 e. The molecule has 1 saturated heterocycles. The van der Waals surface area contributed by atoms with E-state index in [0.717, 1.165) is 25.1 Å². The molecule has 0 aromatic carbocycles. The molecule has 15 heavy (non-hydrogen) atoms. The zero-order chi connectivity index (χ0) is 10.5. The summed E-state index contributed by atoms with van der Waals surface area (Å²) in [4.78, 5) is 11.7. The average molecular weight is 208 g/mol. The Kier molecular flexibility index (Phi) is 3.40. The molecular weight excluding hydrogens is 192 g/mol. The highest BCUT2D eigenvalue weighted by atomic mass is 16.3. The Balaban J connectivity index is 1.76. The van der Waals surface area contributed by atoms with Gasteiger partial charge < -0.3 is 15.1 Å². The lowest BCUT2D eigenvalue weighted by molar-refractivity contribution is -0.123. The Morgan fingerprint density at radius 2 is 2.53 bits per heavy atom. The topological polar surface area (TPSA) is 54.3 Å². The summed E-state index contributed by atoms with van der Waals surface area (Å²) in [6.45, 7) is 1.42. The van der Waals surface area contributed by atoms with Crippen LogP contribution in [0.3, 0.4) is 0 Å². The fourth-order valence-electron chi connectivity index (χ4n) is 1.79. The monoisotopic (exact) mass is 208 g/mol. The van der Waals surface area contributed by atoms with Crippen LogP contribution >= 0.6 is 0 Å². The van der Waals surface area contributed by atoms with E-state index in [0.29, 0.717) is 6.54 Å². The molecule has 1 unspecified atom stereocenters. The van der Waals surface area contributed by atoms with Crippen molar-refractivity contribution in [3.05, 3.63) is 24.2 Å². The smallest absolute Gasteiger partial charge is 0.237 e. The second-order valence-electron chi connectivity index (χ2n) is 3.80. The fourth-order valence-corrected chi connectivity index (χ4v) is 1.79. The number of carbonyl (C=O) groups is 1. The van der Waals surface area contributed by atoms with Crippen LogP contribution in [0, 0.1) is 0 Å². The van der Waals surface area contributed by atoms with E-state index in [1.165, 1.54) is 6.42 Å². The third-order valence-electron chi connectivity index (χ3n) is 2.64. The number of hydrogen-bond donors (Lipinski definition) is 2. The number of rotatable bonds is 3. The molecule has 82 valence electrons. The molecule has 1 atom stereocenters. The molecule has 4 nitrogen and oxygen atoms in total. The van der Waals surface area contributed by atoms with Gasteiger partial charge in [-0.25, -0.2) is 0 Å². The first kappa shape index (κ1) is 10.2. The number of carbonyl (C=O) groups excluding carboxylic acids is 1. The highest BCUT2D eigenvalue weighted by molar-refractivity contribution is 5.81. The van der Waals surface area contributed by atoms with Crippen molar-refractivity contribution < 1.29 is 9.21 Å². The Morgan fingerprint density at radius 1 is 1.60 bits per heavy atom. The molecule has 2 heterocycles. The van der Waals surface area contributed by atoms with Crippen molar-refractivity contribution in [1.29, 1.82) is 0 Å². The summed E-state index contributed by atoms with van der Waals surface area (Å²) in [5.41, 5.74) is 0. The predicted molar refractivity (Wildman–Crippen MR) is 56.2 cm³/mol. The molecule has 1 aliphatic heterocycles. The quantitative estimate of drug-likeness (QED) is 0.780. The van der Waals surface area contributed by atoms with Crippen molar-refractivity contribution >= 4 is 5.91 Å². The number of nitrogens with one attached hydrogen (secondary N) is 2. The van der Waals surface area contributed by atoms with Crippen LogP contribution < -0.4 is 10.6 Å². The number of hydrogen-bond acceptors (Lipinski definition) is 3. The van der Waals surface area contributed by atoms with Gasteiger partial charge in [-0.2, -0.15) is 0 Å². The van der Waals surface area contributed by atoms with Crippen LogP contribution in [0.4, 0.5) is 0 Å². The van der Waals surface area contributed by atoms with Gasteiger partial charge in [0, 0.05) is 0 Å². The molecule has 0 radical (unpaired) electrons. The van der Waals surface area contributed by atoms with Crippen LogP contribution in [-0.4, -0.2) is 18.5 Å². The number of furan rings is 1. The van der Waals surface area contributed by atoms with E-state index in [4.69, 9.17) is 4.42 Å². The van der Waals surface area contributed by atoms with Crippen molar-refractivity contribution in [3.63, 3.8) is 0 Å². The minimum atomic E-state index is -0.0197. The van der Waals surface area contributed by atoms with Gasteiger partial charge in [0.05, 0.1) is 18.8 Å². The second kappa shape index (κ2) is 4.98. The van der Waals surface area contributed by atoms with Crippen molar-refractivity contribution in [3.8, 4) is 0 Å². The lowest BCUT2D eigenvalue weighted by atomic mass is 10.0. The van der Waals surface area contributed by atoms with E-state index in [1.54, 1.807) is 6.26 Å². The summed E-state index contributed by atoms with van der Waals surface area (Å²) in [6, 6.07) is 3.66.